The fourth-order valence-corrected chi connectivity index (χ4v) is 3.58. The van der Waals surface area contributed by atoms with Crippen LogP contribution in [0.2, 0.25) is 0 Å². The van der Waals surface area contributed by atoms with E-state index in [9.17, 15) is 4.79 Å². The molecule has 1 aliphatic rings. The van der Waals surface area contributed by atoms with Gasteiger partial charge in [-0.3, -0.25) is 9.78 Å². The highest BCUT2D eigenvalue weighted by atomic mass is 32.1. The van der Waals surface area contributed by atoms with Crippen LogP contribution in [-0.4, -0.2) is 34.4 Å². The quantitative estimate of drug-likeness (QED) is 0.947. The molecule has 2 aromatic heterocycles. The van der Waals surface area contributed by atoms with Crippen molar-refractivity contribution in [3.63, 3.8) is 0 Å². The second kappa shape index (κ2) is 5.81. The van der Waals surface area contributed by atoms with E-state index in [0.717, 1.165) is 41.3 Å². The van der Waals surface area contributed by atoms with Crippen LogP contribution in [0.1, 0.15) is 39.8 Å². The molecule has 3 rings (SSSR count). The molecule has 0 spiro atoms. The number of aromatic nitrogens is 2. The Balaban J connectivity index is 1.88. The zero-order valence-electron chi connectivity index (χ0n) is 12.2. The van der Waals surface area contributed by atoms with Gasteiger partial charge in [0, 0.05) is 13.6 Å². The minimum Gasteiger partial charge on any atom is -0.372 e. The zero-order chi connectivity index (χ0) is 14.8. The molecule has 1 saturated heterocycles. The van der Waals surface area contributed by atoms with Crippen molar-refractivity contribution in [2.75, 3.05) is 18.9 Å². The number of nitrogens with one attached hydrogen (secondary N) is 1. The molecule has 0 aromatic carbocycles. The van der Waals surface area contributed by atoms with E-state index >= 15 is 0 Å². The summed E-state index contributed by atoms with van der Waals surface area (Å²) >= 11 is 1.51. The number of thiophene rings is 1. The largest absolute Gasteiger partial charge is 0.372 e. The standard InChI is InChI=1S/C15H18N4OS/c1-10-5-7-21-14(10)15(20)19-6-3-4-12(19)11-8-17-9-13(16-2)18-11/h5,7-9,12H,3-4,6H2,1-2H3,(H,16,18). The summed E-state index contributed by atoms with van der Waals surface area (Å²) in [4.78, 5) is 24.3. The molecule has 1 atom stereocenters. The van der Waals surface area contributed by atoms with E-state index < -0.39 is 0 Å². The first-order chi connectivity index (χ1) is 10.2. The van der Waals surface area contributed by atoms with Crippen LogP contribution in [0.25, 0.3) is 0 Å². The summed E-state index contributed by atoms with van der Waals surface area (Å²) in [5.74, 6) is 0.848. The van der Waals surface area contributed by atoms with Gasteiger partial charge >= 0.3 is 0 Å². The Morgan fingerprint density at radius 2 is 2.33 bits per heavy atom. The highest BCUT2D eigenvalue weighted by Gasteiger charge is 2.32. The van der Waals surface area contributed by atoms with E-state index in [0.29, 0.717) is 0 Å². The van der Waals surface area contributed by atoms with E-state index in [1.165, 1.54) is 11.3 Å². The Kier molecular flexibility index (Phi) is 3.88. The van der Waals surface area contributed by atoms with Gasteiger partial charge in [-0.25, -0.2) is 4.98 Å². The van der Waals surface area contributed by atoms with Crippen molar-refractivity contribution in [2.24, 2.45) is 0 Å². The number of amides is 1. The lowest BCUT2D eigenvalue weighted by molar-refractivity contribution is 0.0737. The molecule has 5 nitrogen and oxygen atoms in total. The lowest BCUT2D eigenvalue weighted by Crippen LogP contribution is -2.31. The molecule has 6 heteroatoms. The number of carbonyl (C=O) groups excluding carboxylic acids is 1. The Morgan fingerprint density at radius 3 is 3.05 bits per heavy atom. The molecule has 0 bridgehead atoms. The molecular weight excluding hydrogens is 284 g/mol. The highest BCUT2D eigenvalue weighted by Crippen LogP contribution is 2.33. The smallest absolute Gasteiger partial charge is 0.264 e. The predicted molar refractivity (Wildman–Crippen MR) is 83.6 cm³/mol. The third kappa shape index (κ3) is 2.63. The summed E-state index contributed by atoms with van der Waals surface area (Å²) in [5, 5.41) is 4.96. The summed E-state index contributed by atoms with van der Waals surface area (Å²) in [6.07, 6.45) is 5.40. The lowest BCUT2D eigenvalue weighted by Gasteiger charge is -2.24. The molecule has 1 aliphatic heterocycles. The molecule has 1 unspecified atom stereocenters. The minimum atomic E-state index is 0.0276. The lowest BCUT2D eigenvalue weighted by atomic mass is 10.1. The second-order valence-corrected chi connectivity index (χ2v) is 6.08. The highest BCUT2D eigenvalue weighted by molar-refractivity contribution is 7.12. The van der Waals surface area contributed by atoms with E-state index in [2.05, 4.69) is 15.3 Å². The maximum atomic E-state index is 12.7. The number of hydrogen-bond acceptors (Lipinski definition) is 5. The monoisotopic (exact) mass is 302 g/mol. The van der Waals surface area contributed by atoms with Crippen LogP contribution in [0.3, 0.4) is 0 Å². The van der Waals surface area contributed by atoms with E-state index in [1.807, 2.05) is 30.3 Å². The van der Waals surface area contributed by atoms with Crippen molar-refractivity contribution in [1.82, 2.24) is 14.9 Å². The number of anilines is 1. The molecule has 0 radical (unpaired) electrons. The maximum Gasteiger partial charge on any atom is 0.264 e. The van der Waals surface area contributed by atoms with Gasteiger partial charge in [0.1, 0.15) is 5.82 Å². The minimum absolute atomic E-state index is 0.0276. The first kappa shape index (κ1) is 14.0. The Bertz CT molecular complexity index is 655. The average Bonchev–Trinajstić information content (AvgIpc) is 3.15. The summed E-state index contributed by atoms with van der Waals surface area (Å²) in [7, 11) is 1.82. The van der Waals surface area contributed by atoms with E-state index in [4.69, 9.17) is 0 Å². The van der Waals surface area contributed by atoms with Crippen molar-refractivity contribution >= 4 is 23.1 Å². The van der Waals surface area contributed by atoms with E-state index in [1.54, 1.807) is 12.4 Å². The second-order valence-electron chi connectivity index (χ2n) is 5.17. The average molecular weight is 302 g/mol. The first-order valence-electron chi connectivity index (χ1n) is 7.05. The Morgan fingerprint density at radius 1 is 1.48 bits per heavy atom. The molecule has 1 fully saturated rings. The number of hydrogen-bond donors (Lipinski definition) is 1. The van der Waals surface area contributed by atoms with Gasteiger partial charge in [0.05, 0.1) is 29.0 Å². The fraction of sp³-hybridized carbons (Fsp3) is 0.400. The van der Waals surface area contributed by atoms with Crippen LogP contribution in [-0.2, 0) is 0 Å². The van der Waals surface area contributed by atoms with E-state index in [-0.39, 0.29) is 11.9 Å². The van der Waals surface area contributed by atoms with Crippen LogP contribution in [0.15, 0.2) is 23.8 Å². The molecule has 21 heavy (non-hydrogen) atoms. The molecular formula is C15H18N4OS. The van der Waals surface area contributed by atoms with Crippen LogP contribution in [0, 0.1) is 6.92 Å². The molecule has 2 aromatic rings. The third-order valence-corrected chi connectivity index (χ3v) is 4.83. The summed E-state index contributed by atoms with van der Waals surface area (Å²) in [6, 6.07) is 2.02. The van der Waals surface area contributed by atoms with Crippen LogP contribution in [0.4, 0.5) is 5.82 Å². The van der Waals surface area contributed by atoms with Gasteiger partial charge in [0.25, 0.3) is 5.91 Å². The Hall–Kier alpha value is -1.95. The van der Waals surface area contributed by atoms with Crippen molar-refractivity contribution in [3.05, 3.63) is 40.0 Å². The van der Waals surface area contributed by atoms with Crippen molar-refractivity contribution in [2.45, 2.75) is 25.8 Å². The number of likely N-dealkylation sites (tertiary alicyclic amines) is 1. The molecule has 110 valence electrons. The van der Waals surface area contributed by atoms with Gasteiger partial charge in [-0.15, -0.1) is 11.3 Å². The number of carbonyl (C=O) groups is 1. The molecule has 1 N–H and O–H groups in total. The normalized spacial score (nSPS) is 18.0. The molecule has 0 aliphatic carbocycles. The summed E-state index contributed by atoms with van der Waals surface area (Å²) in [5.41, 5.74) is 1.91. The van der Waals surface area contributed by atoms with Crippen molar-refractivity contribution in [1.29, 1.82) is 0 Å². The predicted octanol–water partition coefficient (Wildman–Crippen LogP) is 2.87. The first-order valence-corrected chi connectivity index (χ1v) is 7.93. The van der Waals surface area contributed by atoms with Gasteiger partial charge in [0.15, 0.2) is 0 Å². The Labute approximate surface area is 128 Å². The van der Waals surface area contributed by atoms with Crippen molar-refractivity contribution in [3.8, 4) is 0 Å². The van der Waals surface area contributed by atoms with Crippen molar-refractivity contribution < 1.29 is 4.79 Å². The molecule has 0 saturated carbocycles. The maximum absolute atomic E-state index is 12.7. The molecule has 1 amide bonds. The number of nitrogens with zero attached hydrogens (tertiary/aromatic N) is 3. The fourth-order valence-electron chi connectivity index (χ4n) is 2.70. The molecule has 3 heterocycles. The topological polar surface area (TPSA) is 58.1 Å². The SMILES string of the molecule is CNc1cncc(C2CCCN2C(=O)c2sccc2C)n1. The van der Waals surface area contributed by atoms with Crippen LogP contribution in [0.5, 0.6) is 0 Å². The van der Waals surface area contributed by atoms with Gasteiger partial charge in [-0.05, 0) is 36.8 Å². The summed E-state index contributed by atoms with van der Waals surface area (Å²) < 4.78 is 0. The third-order valence-electron chi connectivity index (χ3n) is 3.82. The number of rotatable bonds is 3. The van der Waals surface area contributed by atoms with Gasteiger partial charge in [-0.1, -0.05) is 0 Å². The van der Waals surface area contributed by atoms with Crippen LogP contribution >= 0.6 is 11.3 Å². The number of aryl methyl sites for hydroxylation is 1. The zero-order valence-corrected chi connectivity index (χ0v) is 13.0. The summed E-state index contributed by atoms with van der Waals surface area (Å²) in [6.45, 7) is 2.77. The van der Waals surface area contributed by atoms with Crippen LogP contribution < -0.4 is 5.32 Å². The van der Waals surface area contributed by atoms with Gasteiger partial charge < -0.3 is 10.2 Å². The van der Waals surface area contributed by atoms with Gasteiger partial charge in [0.2, 0.25) is 0 Å². The van der Waals surface area contributed by atoms with Gasteiger partial charge in [-0.2, -0.15) is 0 Å².